The molecule has 18 heavy (non-hydrogen) atoms. The highest BCUT2D eigenvalue weighted by molar-refractivity contribution is 5.55. The zero-order valence-corrected chi connectivity index (χ0v) is 11.7. The van der Waals surface area contributed by atoms with E-state index in [2.05, 4.69) is 55.3 Å². The van der Waals surface area contributed by atoms with E-state index in [1.807, 2.05) is 0 Å². The quantitative estimate of drug-likeness (QED) is 0.837. The Hall–Kier alpha value is -1.22. The molecule has 0 atom stereocenters. The number of hydrogen-bond acceptors (Lipinski definition) is 3. The fourth-order valence-electron chi connectivity index (χ4n) is 2.25. The Morgan fingerprint density at radius 3 is 2.22 bits per heavy atom. The molecule has 1 aromatic carbocycles. The van der Waals surface area contributed by atoms with Crippen LogP contribution < -0.4 is 10.2 Å². The molecule has 0 saturated carbocycles. The van der Waals surface area contributed by atoms with Crippen molar-refractivity contribution in [2.24, 2.45) is 5.41 Å². The number of nitrogens with zero attached hydrogens (tertiary/aromatic N) is 1. The zero-order valence-electron chi connectivity index (χ0n) is 11.7. The van der Waals surface area contributed by atoms with Crippen LogP contribution in [0.3, 0.4) is 0 Å². The van der Waals surface area contributed by atoms with E-state index in [1.54, 1.807) is 0 Å². The van der Waals surface area contributed by atoms with Crippen LogP contribution in [0.4, 0.5) is 11.4 Å². The molecule has 1 saturated heterocycles. The predicted octanol–water partition coefficient (Wildman–Crippen LogP) is 2.98. The second-order valence-corrected chi connectivity index (χ2v) is 5.38. The summed E-state index contributed by atoms with van der Waals surface area (Å²) in [5.41, 5.74) is 2.81. The van der Waals surface area contributed by atoms with Gasteiger partial charge in [0, 0.05) is 36.4 Å². The van der Waals surface area contributed by atoms with Gasteiger partial charge in [-0.15, -0.1) is 0 Å². The Morgan fingerprint density at radius 1 is 1.17 bits per heavy atom. The van der Waals surface area contributed by atoms with Gasteiger partial charge in [0.2, 0.25) is 0 Å². The van der Waals surface area contributed by atoms with Crippen LogP contribution in [0.5, 0.6) is 0 Å². The van der Waals surface area contributed by atoms with Crippen LogP contribution in [0.2, 0.25) is 0 Å². The third kappa shape index (κ3) is 2.96. The molecule has 1 heterocycles. The third-order valence-corrected chi connectivity index (χ3v) is 3.62. The molecule has 1 aromatic rings. The highest BCUT2D eigenvalue weighted by atomic mass is 16.5. The van der Waals surface area contributed by atoms with Gasteiger partial charge in [0.05, 0.1) is 13.2 Å². The molecule has 1 N–H and O–H groups in total. The molecule has 3 nitrogen and oxygen atoms in total. The molecule has 100 valence electrons. The molecular formula is C15H24N2O. The fraction of sp³-hybridized carbons (Fsp3) is 0.600. The summed E-state index contributed by atoms with van der Waals surface area (Å²) in [6.07, 6.45) is 0. The van der Waals surface area contributed by atoms with E-state index in [-0.39, 0.29) is 0 Å². The third-order valence-electron chi connectivity index (χ3n) is 3.62. The number of rotatable bonds is 6. The highest BCUT2D eigenvalue weighted by Crippen LogP contribution is 2.27. The number of ether oxygens (including phenoxy) is 1. The first kappa shape index (κ1) is 13.2. The van der Waals surface area contributed by atoms with E-state index in [9.17, 15) is 0 Å². The Morgan fingerprint density at radius 2 is 1.78 bits per heavy atom. The van der Waals surface area contributed by atoms with Crippen molar-refractivity contribution in [3.8, 4) is 0 Å². The van der Waals surface area contributed by atoms with Gasteiger partial charge in [-0.2, -0.15) is 0 Å². The molecule has 1 aliphatic heterocycles. The van der Waals surface area contributed by atoms with Crippen LogP contribution >= 0.6 is 0 Å². The SMILES string of the molecule is CCN(CC)c1ccc(NCC2(C)COC2)cc1. The lowest BCUT2D eigenvalue weighted by Gasteiger charge is -2.38. The topological polar surface area (TPSA) is 24.5 Å². The first-order valence-electron chi connectivity index (χ1n) is 6.83. The minimum Gasteiger partial charge on any atom is -0.384 e. The van der Waals surface area contributed by atoms with Crippen molar-refractivity contribution in [2.45, 2.75) is 20.8 Å². The van der Waals surface area contributed by atoms with Crippen molar-refractivity contribution in [1.29, 1.82) is 0 Å². The number of anilines is 2. The van der Waals surface area contributed by atoms with Crippen molar-refractivity contribution in [2.75, 3.05) is 43.1 Å². The van der Waals surface area contributed by atoms with Crippen LogP contribution in [-0.4, -0.2) is 32.8 Å². The standard InChI is InChI=1S/C15H24N2O/c1-4-17(5-2)14-8-6-13(7-9-14)16-10-15(3)11-18-12-15/h6-9,16H,4-5,10-12H2,1-3H3. The molecule has 1 fully saturated rings. The van der Waals surface area contributed by atoms with Gasteiger partial charge in [-0.1, -0.05) is 6.92 Å². The number of benzene rings is 1. The maximum absolute atomic E-state index is 5.26. The van der Waals surface area contributed by atoms with E-state index in [0.717, 1.165) is 32.8 Å². The van der Waals surface area contributed by atoms with Crippen molar-refractivity contribution in [3.63, 3.8) is 0 Å². The van der Waals surface area contributed by atoms with Gasteiger partial charge in [0.1, 0.15) is 0 Å². The minimum atomic E-state index is 0.317. The predicted molar refractivity (Wildman–Crippen MR) is 77.4 cm³/mol. The van der Waals surface area contributed by atoms with Gasteiger partial charge in [0.25, 0.3) is 0 Å². The molecule has 0 aromatic heterocycles. The van der Waals surface area contributed by atoms with Crippen LogP contribution in [0.1, 0.15) is 20.8 Å². The molecule has 0 spiro atoms. The van der Waals surface area contributed by atoms with Gasteiger partial charge < -0.3 is 15.0 Å². The zero-order chi connectivity index (χ0) is 13.0. The molecule has 0 bridgehead atoms. The maximum atomic E-state index is 5.26. The van der Waals surface area contributed by atoms with Crippen molar-refractivity contribution < 1.29 is 4.74 Å². The first-order valence-corrected chi connectivity index (χ1v) is 6.83. The lowest BCUT2D eigenvalue weighted by Crippen LogP contribution is -2.45. The van der Waals surface area contributed by atoms with Crippen LogP contribution in [-0.2, 0) is 4.74 Å². The summed E-state index contributed by atoms with van der Waals surface area (Å²) < 4.78 is 5.26. The maximum Gasteiger partial charge on any atom is 0.0559 e. The van der Waals surface area contributed by atoms with Gasteiger partial charge in [-0.05, 0) is 38.1 Å². The van der Waals surface area contributed by atoms with Crippen LogP contribution in [0.25, 0.3) is 0 Å². The Balaban J connectivity index is 1.91. The largest absolute Gasteiger partial charge is 0.384 e. The molecule has 3 heteroatoms. The highest BCUT2D eigenvalue weighted by Gasteiger charge is 2.32. The molecule has 0 radical (unpaired) electrons. The summed E-state index contributed by atoms with van der Waals surface area (Å²) in [5, 5.41) is 3.49. The van der Waals surface area contributed by atoms with Gasteiger partial charge in [-0.3, -0.25) is 0 Å². The summed E-state index contributed by atoms with van der Waals surface area (Å²) in [7, 11) is 0. The molecular weight excluding hydrogens is 224 g/mol. The Labute approximate surface area is 110 Å². The average molecular weight is 248 g/mol. The monoisotopic (exact) mass is 248 g/mol. The number of hydrogen-bond donors (Lipinski definition) is 1. The van der Waals surface area contributed by atoms with Gasteiger partial charge in [0.15, 0.2) is 0 Å². The van der Waals surface area contributed by atoms with E-state index in [1.165, 1.54) is 11.4 Å². The van der Waals surface area contributed by atoms with Crippen molar-refractivity contribution in [1.82, 2.24) is 0 Å². The van der Waals surface area contributed by atoms with E-state index in [4.69, 9.17) is 4.74 Å². The smallest absolute Gasteiger partial charge is 0.0559 e. The van der Waals surface area contributed by atoms with Crippen LogP contribution in [0, 0.1) is 5.41 Å². The average Bonchev–Trinajstić information content (AvgIpc) is 2.37. The normalized spacial score (nSPS) is 17.1. The molecule has 0 aliphatic carbocycles. The molecule has 2 rings (SSSR count). The minimum absolute atomic E-state index is 0.317. The van der Waals surface area contributed by atoms with E-state index < -0.39 is 0 Å². The lowest BCUT2D eigenvalue weighted by atomic mass is 9.89. The van der Waals surface area contributed by atoms with Crippen molar-refractivity contribution in [3.05, 3.63) is 24.3 Å². The summed E-state index contributed by atoms with van der Waals surface area (Å²) in [4.78, 5) is 2.35. The summed E-state index contributed by atoms with van der Waals surface area (Å²) in [6, 6.07) is 8.71. The Bertz CT molecular complexity index is 367. The lowest BCUT2D eigenvalue weighted by molar-refractivity contribution is -0.0924. The van der Waals surface area contributed by atoms with E-state index >= 15 is 0 Å². The van der Waals surface area contributed by atoms with Crippen LogP contribution in [0.15, 0.2) is 24.3 Å². The second-order valence-electron chi connectivity index (χ2n) is 5.38. The first-order chi connectivity index (χ1) is 8.67. The van der Waals surface area contributed by atoms with Gasteiger partial charge >= 0.3 is 0 Å². The fourth-order valence-corrected chi connectivity index (χ4v) is 2.25. The summed E-state index contributed by atoms with van der Waals surface area (Å²) in [5.74, 6) is 0. The molecule has 0 unspecified atom stereocenters. The summed E-state index contributed by atoms with van der Waals surface area (Å²) in [6.45, 7) is 11.5. The molecule has 1 aliphatic rings. The molecule has 0 amide bonds. The van der Waals surface area contributed by atoms with E-state index in [0.29, 0.717) is 5.41 Å². The second kappa shape index (κ2) is 5.61. The summed E-state index contributed by atoms with van der Waals surface area (Å²) >= 11 is 0. The Kier molecular flexibility index (Phi) is 4.12. The number of nitrogens with one attached hydrogen (secondary N) is 1. The van der Waals surface area contributed by atoms with Gasteiger partial charge in [-0.25, -0.2) is 0 Å². The van der Waals surface area contributed by atoms with Crippen molar-refractivity contribution >= 4 is 11.4 Å².